The number of aromatic nitrogens is 5. The Morgan fingerprint density at radius 3 is 1.67 bits per heavy atom. The standard InChI is InChI=1S/C54H36N6/c1-3-14-35(15-4-1)38-32-39(36-16-5-2-6-17-36)34-40(33-38)47-23-11-20-43-46(54(57-47)60-49-25-10-8-19-42(49)45-22-13-31-56-53(45)60)28-26-37-27-29-50(58-51(37)43)59-48-24-9-7-18-41(48)44-21-12-30-55-52(44)59/h1-10,12-19,21-34H,11,20H2. The van der Waals surface area contributed by atoms with Crippen LogP contribution in [0.1, 0.15) is 23.1 Å². The molecule has 0 amide bonds. The Morgan fingerprint density at radius 1 is 0.450 bits per heavy atom. The number of para-hydroxylation sites is 2. The van der Waals surface area contributed by atoms with Gasteiger partial charge in [-0.05, 0) is 107 Å². The molecule has 60 heavy (non-hydrogen) atoms. The zero-order valence-electron chi connectivity index (χ0n) is 32.6. The molecule has 0 unspecified atom stereocenters. The molecule has 6 aromatic carbocycles. The molecule has 6 heteroatoms. The molecule has 1 aliphatic heterocycles. The normalized spacial score (nSPS) is 13.1. The minimum Gasteiger partial charge on any atom is -0.278 e. The third-order valence-corrected chi connectivity index (χ3v) is 11.9. The summed E-state index contributed by atoms with van der Waals surface area (Å²) in [5, 5.41) is 5.57. The lowest BCUT2D eigenvalue weighted by molar-refractivity contribution is 0.987. The van der Waals surface area contributed by atoms with Crippen molar-refractivity contribution in [2.75, 3.05) is 0 Å². The fourth-order valence-electron chi connectivity index (χ4n) is 9.16. The van der Waals surface area contributed by atoms with Crippen LogP contribution >= 0.6 is 0 Å². The molecule has 0 bridgehead atoms. The predicted molar refractivity (Wildman–Crippen MR) is 247 cm³/mol. The Bertz CT molecular complexity index is 3370. The molecular formula is C54H36N6. The Labute approximate surface area is 346 Å². The summed E-state index contributed by atoms with van der Waals surface area (Å²) in [7, 11) is 0. The zero-order chi connectivity index (χ0) is 39.6. The van der Waals surface area contributed by atoms with E-state index in [0.29, 0.717) is 0 Å². The molecule has 1 aliphatic rings. The number of hydrogen-bond acceptors (Lipinski definition) is 4. The van der Waals surface area contributed by atoms with Gasteiger partial charge in [0, 0.05) is 50.5 Å². The van der Waals surface area contributed by atoms with Crippen molar-refractivity contribution in [3.05, 3.63) is 211 Å². The lowest BCUT2D eigenvalue weighted by Crippen LogP contribution is -2.18. The molecule has 0 spiro atoms. The Hall–Kier alpha value is -7.96. The van der Waals surface area contributed by atoms with Crippen LogP contribution in [0.2, 0.25) is 0 Å². The van der Waals surface area contributed by atoms with Crippen LogP contribution in [0.25, 0.3) is 88.5 Å². The molecule has 11 aromatic rings. The van der Waals surface area contributed by atoms with Gasteiger partial charge in [0.1, 0.15) is 22.9 Å². The number of nitrogens with zero attached hydrogens (tertiary/aromatic N) is 6. The van der Waals surface area contributed by atoms with Gasteiger partial charge in [0.05, 0.1) is 22.2 Å². The van der Waals surface area contributed by atoms with Crippen molar-refractivity contribution in [1.82, 2.24) is 24.1 Å². The highest BCUT2D eigenvalue weighted by atomic mass is 15.1. The van der Waals surface area contributed by atoms with Gasteiger partial charge in [-0.2, -0.15) is 0 Å². The molecule has 0 atom stereocenters. The number of rotatable bonds is 4. The quantitative estimate of drug-likeness (QED) is 0.179. The van der Waals surface area contributed by atoms with E-state index in [2.05, 4.69) is 179 Å². The molecule has 282 valence electrons. The first-order valence-electron chi connectivity index (χ1n) is 20.4. The summed E-state index contributed by atoms with van der Waals surface area (Å²) in [6, 6.07) is 62.2. The van der Waals surface area contributed by atoms with Crippen molar-refractivity contribution in [2.45, 2.75) is 12.8 Å². The predicted octanol–water partition coefficient (Wildman–Crippen LogP) is 12.8. The summed E-state index contributed by atoms with van der Waals surface area (Å²) in [6.45, 7) is 0. The van der Waals surface area contributed by atoms with Crippen LogP contribution in [0.3, 0.4) is 0 Å². The fourth-order valence-corrected chi connectivity index (χ4v) is 9.16. The van der Waals surface area contributed by atoms with Gasteiger partial charge in [0.2, 0.25) is 0 Å². The largest absolute Gasteiger partial charge is 0.278 e. The Balaban J connectivity index is 1.12. The summed E-state index contributed by atoms with van der Waals surface area (Å²) in [6.07, 6.45) is 7.60. The van der Waals surface area contributed by atoms with E-state index in [-0.39, 0.29) is 0 Å². The number of aliphatic imine (C=N–C) groups is 1. The van der Waals surface area contributed by atoms with Gasteiger partial charge in [-0.15, -0.1) is 0 Å². The highest BCUT2D eigenvalue weighted by Crippen LogP contribution is 2.37. The number of fused-ring (bicyclic) bond motifs is 9. The lowest BCUT2D eigenvalue weighted by atomic mass is 9.93. The van der Waals surface area contributed by atoms with Crippen molar-refractivity contribution in [3.63, 3.8) is 0 Å². The van der Waals surface area contributed by atoms with E-state index in [1.165, 1.54) is 0 Å². The average molecular weight is 769 g/mol. The van der Waals surface area contributed by atoms with Gasteiger partial charge in [-0.3, -0.25) is 9.13 Å². The highest BCUT2D eigenvalue weighted by Gasteiger charge is 2.24. The second kappa shape index (κ2) is 13.9. The van der Waals surface area contributed by atoms with Gasteiger partial charge < -0.3 is 0 Å². The van der Waals surface area contributed by atoms with Crippen molar-refractivity contribution in [1.29, 1.82) is 0 Å². The van der Waals surface area contributed by atoms with Gasteiger partial charge >= 0.3 is 0 Å². The molecule has 0 fully saturated rings. The van der Waals surface area contributed by atoms with E-state index in [1.807, 2.05) is 24.5 Å². The molecule has 0 radical (unpaired) electrons. The maximum Gasteiger partial charge on any atom is 0.147 e. The zero-order valence-corrected chi connectivity index (χ0v) is 32.6. The van der Waals surface area contributed by atoms with Crippen LogP contribution in [0, 0.1) is 0 Å². The smallest absolute Gasteiger partial charge is 0.147 e. The summed E-state index contributed by atoms with van der Waals surface area (Å²) in [5.41, 5.74) is 13.6. The number of aryl methyl sites for hydroxylation is 1. The molecule has 0 N–H and O–H groups in total. The first-order chi connectivity index (χ1) is 29.8. The first-order valence-corrected chi connectivity index (χ1v) is 20.4. The summed E-state index contributed by atoms with van der Waals surface area (Å²) in [5.74, 6) is 1.65. The van der Waals surface area contributed by atoms with E-state index < -0.39 is 0 Å². The van der Waals surface area contributed by atoms with Crippen LogP contribution in [-0.2, 0) is 6.42 Å². The average Bonchev–Trinajstić information content (AvgIpc) is 3.83. The van der Waals surface area contributed by atoms with Gasteiger partial charge in [-0.25, -0.2) is 19.9 Å². The van der Waals surface area contributed by atoms with Gasteiger partial charge in [-0.1, -0.05) is 115 Å². The number of pyridine rings is 3. The molecule has 6 heterocycles. The summed E-state index contributed by atoms with van der Waals surface area (Å²) in [4.78, 5) is 21.2. The lowest BCUT2D eigenvalue weighted by Gasteiger charge is -2.20. The van der Waals surface area contributed by atoms with Crippen molar-refractivity contribution in [3.8, 4) is 28.1 Å². The van der Waals surface area contributed by atoms with E-state index in [4.69, 9.17) is 19.9 Å². The maximum absolute atomic E-state index is 5.78. The van der Waals surface area contributed by atoms with E-state index >= 15 is 0 Å². The number of allylic oxidation sites excluding steroid dienone is 1. The summed E-state index contributed by atoms with van der Waals surface area (Å²) < 4.78 is 4.45. The highest BCUT2D eigenvalue weighted by molar-refractivity contribution is 6.19. The van der Waals surface area contributed by atoms with Crippen molar-refractivity contribution < 1.29 is 0 Å². The molecule has 0 saturated carbocycles. The minimum absolute atomic E-state index is 0.769. The van der Waals surface area contributed by atoms with Crippen molar-refractivity contribution >= 4 is 66.3 Å². The first kappa shape index (κ1) is 34.1. The second-order valence-corrected chi connectivity index (χ2v) is 15.4. The molecule has 6 nitrogen and oxygen atoms in total. The molecule has 0 aliphatic carbocycles. The molecule has 0 saturated heterocycles. The van der Waals surface area contributed by atoms with Crippen LogP contribution in [0.15, 0.2) is 199 Å². The molecular weight excluding hydrogens is 733 g/mol. The maximum atomic E-state index is 5.78. The van der Waals surface area contributed by atoms with E-state index in [9.17, 15) is 0 Å². The monoisotopic (exact) mass is 768 g/mol. The van der Waals surface area contributed by atoms with E-state index in [0.717, 1.165) is 124 Å². The fraction of sp³-hybridized carbons (Fsp3) is 0.0370. The SMILES string of the molecule is C1=C(c2cc(-c3ccccc3)cc(-c3ccccc3)c2)N=C(n2c3ccccc3c3cccnc32)c2ccc3ccc(-n4c5ccccc5c5cccnc54)nc3c2CC1. The molecule has 5 aromatic heterocycles. The van der Waals surface area contributed by atoms with Gasteiger partial charge in [0.15, 0.2) is 0 Å². The summed E-state index contributed by atoms with van der Waals surface area (Å²) >= 11 is 0. The minimum atomic E-state index is 0.769. The Kier molecular flexibility index (Phi) is 7.88. The van der Waals surface area contributed by atoms with E-state index in [1.54, 1.807) is 0 Å². The second-order valence-electron chi connectivity index (χ2n) is 15.4. The van der Waals surface area contributed by atoms with Crippen LogP contribution in [0.4, 0.5) is 0 Å². The van der Waals surface area contributed by atoms with Crippen LogP contribution < -0.4 is 0 Å². The van der Waals surface area contributed by atoms with Crippen LogP contribution in [-0.4, -0.2) is 29.9 Å². The van der Waals surface area contributed by atoms with Crippen LogP contribution in [0.5, 0.6) is 0 Å². The topological polar surface area (TPSA) is 60.9 Å². The third kappa shape index (κ3) is 5.49. The Morgan fingerprint density at radius 2 is 1.00 bits per heavy atom. The number of benzene rings is 6. The van der Waals surface area contributed by atoms with Gasteiger partial charge in [0.25, 0.3) is 0 Å². The molecule has 12 rings (SSSR count). The number of hydrogen-bond donors (Lipinski definition) is 0. The van der Waals surface area contributed by atoms with Crippen molar-refractivity contribution in [2.24, 2.45) is 4.99 Å². The third-order valence-electron chi connectivity index (χ3n) is 11.9.